The van der Waals surface area contributed by atoms with E-state index in [1.54, 1.807) is 24.3 Å². The molecule has 0 aliphatic carbocycles. The molecule has 0 bridgehead atoms. The van der Waals surface area contributed by atoms with Crippen LogP contribution in [-0.2, 0) is 4.79 Å². The van der Waals surface area contributed by atoms with Crippen LogP contribution in [0.15, 0.2) is 24.3 Å². The molecule has 1 amide bonds. The highest BCUT2D eigenvalue weighted by Crippen LogP contribution is 2.37. The van der Waals surface area contributed by atoms with Crippen LogP contribution >= 0.6 is 0 Å². The summed E-state index contributed by atoms with van der Waals surface area (Å²) >= 11 is 0. The summed E-state index contributed by atoms with van der Waals surface area (Å²) in [5.41, 5.74) is -0.645. The Labute approximate surface area is 142 Å². The maximum Gasteiger partial charge on any atom is 0.312 e. The molecule has 1 saturated heterocycles. The number of likely N-dealkylation sites (tertiary alicyclic amines) is 1. The van der Waals surface area contributed by atoms with Crippen molar-refractivity contribution in [2.24, 2.45) is 5.41 Å². The van der Waals surface area contributed by atoms with Crippen molar-refractivity contribution in [2.75, 3.05) is 19.7 Å². The van der Waals surface area contributed by atoms with Gasteiger partial charge in [0.15, 0.2) is 0 Å². The van der Waals surface area contributed by atoms with E-state index in [1.165, 1.54) is 4.90 Å². The fourth-order valence-corrected chi connectivity index (χ4v) is 3.30. The van der Waals surface area contributed by atoms with Crippen LogP contribution in [0, 0.1) is 5.41 Å². The van der Waals surface area contributed by atoms with Gasteiger partial charge in [-0.05, 0) is 44.0 Å². The van der Waals surface area contributed by atoms with Gasteiger partial charge in [0.25, 0.3) is 5.91 Å². The van der Waals surface area contributed by atoms with Crippen molar-refractivity contribution in [2.45, 2.75) is 39.2 Å². The number of ether oxygens (including phenoxy) is 1. The van der Waals surface area contributed by atoms with Crippen LogP contribution < -0.4 is 4.74 Å². The molecule has 1 aromatic rings. The zero-order chi connectivity index (χ0) is 17.7. The monoisotopic (exact) mass is 335 g/mol. The lowest BCUT2D eigenvalue weighted by Crippen LogP contribution is -2.56. The van der Waals surface area contributed by atoms with Crippen LogP contribution in [0.25, 0.3) is 0 Å². The van der Waals surface area contributed by atoms with E-state index in [-0.39, 0.29) is 18.9 Å². The first-order valence-corrected chi connectivity index (χ1v) is 8.38. The SMILES string of the molecule is CCC[C@]1(C(=O)O)CCN(C(=O)c2ccc(OCC)cc2)CC1O. The number of hydrogen-bond acceptors (Lipinski definition) is 4. The average molecular weight is 335 g/mol. The van der Waals surface area contributed by atoms with Crippen LogP contribution in [0.4, 0.5) is 0 Å². The van der Waals surface area contributed by atoms with Gasteiger partial charge in [-0.25, -0.2) is 0 Å². The van der Waals surface area contributed by atoms with Crippen molar-refractivity contribution in [3.63, 3.8) is 0 Å². The summed E-state index contributed by atoms with van der Waals surface area (Å²) in [5, 5.41) is 19.9. The second-order valence-corrected chi connectivity index (χ2v) is 6.19. The van der Waals surface area contributed by atoms with E-state index in [1.807, 2.05) is 13.8 Å². The molecule has 6 heteroatoms. The number of amides is 1. The van der Waals surface area contributed by atoms with E-state index in [4.69, 9.17) is 4.74 Å². The third-order valence-electron chi connectivity index (χ3n) is 4.68. The highest BCUT2D eigenvalue weighted by atomic mass is 16.5. The van der Waals surface area contributed by atoms with E-state index in [2.05, 4.69) is 0 Å². The number of β-amino-alcohol motifs (C(OH)–C–C–N with tert-alkyl or cyclic N) is 1. The smallest absolute Gasteiger partial charge is 0.312 e. The quantitative estimate of drug-likeness (QED) is 0.832. The number of aliphatic hydroxyl groups is 1. The number of hydrogen-bond donors (Lipinski definition) is 2. The van der Waals surface area contributed by atoms with Crippen LogP contribution in [0.2, 0.25) is 0 Å². The second-order valence-electron chi connectivity index (χ2n) is 6.19. The molecule has 1 heterocycles. The minimum Gasteiger partial charge on any atom is -0.494 e. The molecule has 24 heavy (non-hydrogen) atoms. The van der Waals surface area contributed by atoms with Crippen LogP contribution in [-0.4, -0.2) is 52.8 Å². The Kier molecular flexibility index (Phi) is 5.83. The Morgan fingerprint density at radius 3 is 2.46 bits per heavy atom. The number of rotatable bonds is 6. The number of nitrogens with zero attached hydrogens (tertiary/aromatic N) is 1. The topological polar surface area (TPSA) is 87.1 Å². The average Bonchev–Trinajstić information content (AvgIpc) is 2.57. The van der Waals surface area contributed by atoms with Crippen LogP contribution in [0.1, 0.15) is 43.5 Å². The first-order chi connectivity index (χ1) is 11.4. The Bertz CT molecular complexity index is 586. The molecular formula is C18H25NO5. The third kappa shape index (κ3) is 3.53. The fourth-order valence-electron chi connectivity index (χ4n) is 3.30. The molecule has 0 saturated carbocycles. The molecule has 0 radical (unpaired) electrons. The third-order valence-corrected chi connectivity index (χ3v) is 4.68. The van der Waals surface area contributed by atoms with Gasteiger partial charge in [0.05, 0.1) is 18.1 Å². The Morgan fingerprint density at radius 2 is 1.96 bits per heavy atom. The number of aliphatic carboxylic acids is 1. The van der Waals surface area contributed by atoms with E-state index in [0.29, 0.717) is 37.3 Å². The Hall–Kier alpha value is -2.08. The van der Waals surface area contributed by atoms with Crippen molar-refractivity contribution in [1.29, 1.82) is 0 Å². The van der Waals surface area contributed by atoms with Gasteiger partial charge in [0, 0.05) is 18.7 Å². The van der Waals surface area contributed by atoms with Gasteiger partial charge in [-0.1, -0.05) is 13.3 Å². The maximum atomic E-state index is 12.6. The zero-order valence-corrected chi connectivity index (χ0v) is 14.2. The highest BCUT2D eigenvalue weighted by molar-refractivity contribution is 5.94. The van der Waals surface area contributed by atoms with Gasteiger partial charge in [-0.3, -0.25) is 9.59 Å². The first-order valence-electron chi connectivity index (χ1n) is 8.38. The predicted octanol–water partition coefficient (Wildman–Crippen LogP) is 2.16. The molecule has 2 N–H and O–H groups in total. The molecule has 2 rings (SSSR count). The van der Waals surface area contributed by atoms with E-state index < -0.39 is 17.5 Å². The second kappa shape index (κ2) is 7.66. The maximum absolute atomic E-state index is 12.6. The number of carbonyl (C=O) groups is 2. The van der Waals surface area contributed by atoms with Crippen molar-refractivity contribution in [1.82, 2.24) is 4.90 Å². The first kappa shape index (κ1) is 18.3. The molecular weight excluding hydrogens is 310 g/mol. The minimum absolute atomic E-state index is 0.0400. The number of carboxylic acids is 1. The van der Waals surface area contributed by atoms with Gasteiger partial charge in [-0.2, -0.15) is 0 Å². The summed E-state index contributed by atoms with van der Waals surface area (Å²) in [6.45, 7) is 4.71. The van der Waals surface area contributed by atoms with E-state index in [0.717, 1.165) is 0 Å². The van der Waals surface area contributed by atoms with Gasteiger partial charge < -0.3 is 19.8 Å². The summed E-state index contributed by atoms with van der Waals surface area (Å²) in [7, 11) is 0. The summed E-state index contributed by atoms with van der Waals surface area (Å²) in [5.74, 6) is -0.488. The lowest BCUT2D eigenvalue weighted by Gasteiger charge is -2.42. The van der Waals surface area contributed by atoms with Crippen molar-refractivity contribution in [3.05, 3.63) is 29.8 Å². The summed E-state index contributed by atoms with van der Waals surface area (Å²) < 4.78 is 5.35. The highest BCUT2D eigenvalue weighted by Gasteiger charge is 2.48. The summed E-state index contributed by atoms with van der Waals surface area (Å²) in [6, 6.07) is 6.83. The number of carboxylic acid groups (broad SMARTS) is 1. The number of aliphatic hydroxyl groups excluding tert-OH is 1. The number of benzene rings is 1. The van der Waals surface area contributed by atoms with Crippen LogP contribution in [0.3, 0.4) is 0 Å². The van der Waals surface area contributed by atoms with Crippen molar-refractivity contribution >= 4 is 11.9 Å². The van der Waals surface area contributed by atoms with Gasteiger partial charge in [0.2, 0.25) is 0 Å². The zero-order valence-electron chi connectivity index (χ0n) is 14.2. The van der Waals surface area contributed by atoms with Gasteiger partial charge in [0.1, 0.15) is 5.75 Å². The molecule has 6 nitrogen and oxygen atoms in total. The fraction of sp³-hybridized carbons (Fsp3) is 0.556. The van der Waals surface area contributed by atoms with E-state index in [9.17, 15) is 19.8 Å². The standard InChI is InChI=1S/C18H25NO5/c1-3-9-18(17(22)23)10-11-19(12-15(18)20)16(21)13-5-7-14(8-6-13)24-4-2/h5-8,15,20H,3-4,9-12H2,1-2H3,(H,22,23)/t15?,18-/m0/s1. The molecule has 0 aromatic heterocycles. The normalized spacial score (nSPS) is 23.8. The van der Waals surface area contributed by atoms with Crippen LogP contribution in [0.5, 0.6) is 5.75 Å². The largest absolute Gasteiger partial charge is 0.494 e. The molecule has 2 atom stereocenters. The van der Waals surface area contributed by atoms with Crippen molar-refractivity contribution in [3.8, 4) is 5.75 Å². The van der Waals surface area contributed by atoms with E-state index >= 15 is 0 Å². The molecule has 0 spiro atoms. The van der Waals surface area contributed by atoms with Crippen molar-refractivity contribution < 1.29 is 24.5 Å². The molecule has 1 fully saturated rings. The number of carbonyl (C=O) groups excluding carboxylic acids is 1. The predicted molar refractivity (Wildman–Crippen MR) is 89.1 cm³/mol. The van der Waals surface area contributed by atoms with Gasteiger partial charge >= 0.3 is 5.97 Å². The number of piperidine rings is 1. The molecule has 1 aliphatic heterocycles. The lowest BCUT2D eigenvalue weighted by molar-refractivity contribution is -0.162. The molecule has 132 valence electrons. The minimum atomic E-state index is -1.15. The summed E-state index contributed by atoms with van der Waals surface area (Å²) in [4.78, 5) is 25.7. The molecule has 1 aromatic carbocycles. The Morgan fingerprint density at radius 1 is 1.29 bits per heavy atom. The molecule has 1 unspecified atom stereocenters. The van der Waals surface area contributed by atoms with Gasteiger partial charge in [-0.15, -0.1) is 0 Å². The lowest BCUT2D eigenvalue weighted by atomic mass is 9.72. The Balaban J connectivity index is 2.09. The summed E-state index contributed by atoms with van der Waals surface area (Å²) in [6.07, 6.45) is 0.292. The molecule has 1 aliphatic rings.